The van der Waals surface area contributed by atoms with Crippen LogP contribution in [0.3, 0.4) is 0 Å². The topological polar surface area (TPSA) is 46.2 Å². The first-order chi connectivity index (χ1) is 9.46. The molecule has 5 heteroatoms. The molecular weight excluding hydrogens is 294 g/mol. The third-order valence-electron chi connectivity index (χ3n) is 3.44. The molecule has 0 aliphatic carbocycles. The molecule has 114 valence electrons. The molecule has 0 fully saturated rings. The standard InChI is InChI=1S/C15H24ClNO2S/c1-3-20(18,19)10-4-5-14(12-17-2)11-13-6-8-15(16)9-7-13/h6-9,14,17H,3-5,10-12H2,1-2H3. The maximum absolute atomic E-state index is 11.5. The van der Waals surface area contributed by atoms with E-state index in [1.165, 1.54) is 5.56 Å². The van der Waals surface area contributed by atoms with Crippen molar-refractivity contribution in [3.05, 3.63) is 34.9 Å². The minimum atomic E-state index is -2.85. The van der Waals surface area contributed by atoms with Gasteiger partial charge in [0.1, 0.15) is 9.84 Å². The van der Waals surface area contributed by atoms with E-state index in [0.29, 0.717) is 11.7 Å². The Morgan fingerprint density at radius 2 is 1.90 bits per heavy atom. The van der Waals surface area contributed by atoms with Crippen molar-refractivity contribution in [2.24, 2.45) is 5.92 Å². The molecule has 1 N–H and O–H groups in total. The fourth-order valence-electron chi connectivity index (χ4n) is 2.26. The minimum absolute atomic E-state index is 0.237. The Bertz CT molecular complexity index is 485. The highest BCUT2D eigenvalue weighted by Gasteiger charge is 2.12. The predicted molar refractivity (Wildman–Crippen MR) is 86.1 cm³/mol. The molecule has 0 saturated heterocycles. The van der Waals surface area contributed by atoms with Crippen LogP contribution in [0, 0.1) is 5.92 Å². The Morgan fingerprint density at radius 3 is 2.45 bits per heavy atom. The van der Waals surface area contributed by atoms with Gasteiger partial charge in [-0.3, -0.25) is 0 Å². The zero-order chi connectivity index (χ0) is 15.0. The van der Waals surface area contributed by atoms with Gasteiger partial charge in [0.15, 0.2) is 0 Å². The first kappa shape index (κ1) is 17.5. The second-order valence-electron chi connectivity index (χ2n) is 5.13. The molecule has 1 aromatic rings. The number of halogens is 1. The van der Waals surface area contributed by atoms with E-state index >= 15 is 0 Å². The van der Waals surface area contributed by atoms with E-state index in [-0.39, 0.29) is 5.75 Å². The summed E-state index contributed by atoms with van der Waals surface area (Å²) in [5.41, 5.74) is 1.24. The van der Waals surface area contributed by atoms with Gasteiger partial charge in [0.05, 0.1) is 5.75 Å². The molecule has 0 amide bonds. The van der Waals surface area contributed by atoms with Crippen LogP contribution in [0.5, 0.6) is 0 Å². The fraction of sp³-hybridized carbons (Fsp3) is 0.600. The van der Waals surface area contributed by atoms with Crippen molar-refractivity contribution >= 4 is 21.4 Å². The van der Waals surface area contributed by atoms with Crippen LogP contribution in [0.4, 0.5) is 0 Å². The summed E-state index contributed by atoms with van der Waals surface area (Å²) in [5, 5.41) is 3.93. The van der Waals surface area contributed by atoms with Crippen molar-refractivity contribution in [2.45, 2.75) is 26.2 Å². The van der Waals surface area contributed by atoms with Crippen LogP contribution in [-0.2, 0) is 16.3 Å². The van der Waals surface area contributed by atoms with Gasteiger partial charge in [0, 0.05) is 10.8 Å². The number of sulfone groups is 1. The first-order valence-corrected chi connectivity index (χ1v) is 9.26. The van der Waals surface area contributed by atoms with Crippen LogP contribution in [0.15, 0.2) is 24.3 Å². The Balaban J connectivity index is 2.50. The van der Waals surface area contributed by atoms with Gasteiger partial charge < -0.3 is 5.32 Å². The van der Waals surface area contributed by atoms with Crippen molar-refractivity contribution in [3.63, 3.8) is 0 Å². The minimum Gasteiger partial charge on any atom is -0.319 e. The van der Waals surface area contributed by atoms with Gasteiger partial charge >= 0.3 is 0 Å². The molecule has 1 atom stereocenters. The number of hydrogen-bond donors (Lipinski definition) is 1. The summed E-state index contributed by atoms with van der Waals surface area (Å²) in [5.74, 6) is 0.985. The van der Waals surface area contributed by atoms with E-state index < -0.39 is 9.84 Å². The Labute approximate surface area is 127 Å². The molecule has 3 nitrogen and oxygen atoms in total. The smallest absolute Gasteiger partial charge is 0.150 e. The lowest BCUT2D eigenvalue weighted by Gasteiger charge is -2.16. The summed E-state index contributed by atoms with van der Waals surface area (Å²) in [4.78, 5) is 0. The van der Waals surface area contributed by atoms with Crippen LogP contribution in [0.1, 0.15) is 25.3 Å². The van der Waals surface area contributed by atoms with Gasteiger partial charge in [-0.05, 0) is 56.5 Å². The van der Waals surface area contributed by atoms with Crippen molar-refractivity contribution < 1.29 is 8.42 Å². The zero-order valence-electron chi connectivity index (χ0n) is 12.2. The van der Waals surface area contributed by atoms with Crippen molar-refractivity contribution in [1.29, 1.82) is 0 Å². The highest BCUT2D eigenvalue weighted by atomic mass is 35.5. The molecule has 0 heterocycles. The van der Waals surface area contributed by atoms with Crippen LogP contribution in [0.25, 0.3) is 0 Å². The molecule has 0 aliphatic heterocycles. The third-order valence-corrected chi connectivity index (χ3v) is 5.48. The van der Waals surface area contributed by atoms with Crippen molar-refractivity contribution in [1.82, 2.24) is 5.32 Å². The molecule has 0 radical (unpaired) electrons. The van der Waals surface area contributed by atoms with E-state index in [2.05, 4.69) is 5.32 Å². The van der Waals surface area contributed by atoms with Gasteiger partial charge in [-0.2, -0.15) is 0 Å². The van der Waals surface area contributed by atoms with Crippen LogP contribution in [-0.4, -0.2) is 33.5 Å². The van der Waals surface area contributed by atoms with Gasteiger partial charge in [-0.15, -0.1) is 0 Å². The maximum Gasteiger partial charge on any atom is 0.150 e. The zero-order valence-corrected chi connectivity index (χ0v) is 13.8. The first-order valence-electron chi connectivity index (χ1n) is 7.06. The van der Waals surface area contributed by atoms with Crippen LogP contribution in [0.2, 0.25) is 5.02 Å². The molecule has 0 spiro atoms. The highest BCUT2D eigenvalue weighted by Crippen LogP contribution is 2.17. The fourth-order valence-corrected chi connectivity index (χ4v) is 3.28. The van der Waals surface area contributed by atoms with E-state index in [4.69, 9.17) is 11.6 Å². The summed E-state index contributed by atoms with van der Waals surface area (Å²) in [6, 6.07) is 7.87. The van der Waals surface area contributed by atoms with Gasteiger partial charge in [-0.25, -0.2) is 8.42 Å². The van der Waals surface area contributed by atoms with Gasteiger partial charge in [0.2, 0.25) is 0 Å². The second-order valence-corrected chi connectivity index (χ2v) is 8.04. The Morgan fingerprint density at radius 1 is 1.25 bits per heavy atom. The molecule has 20 heavy (non-hydrogen) atoms. The van der Waals surface area contributed by atoms with Gasteiger partial charge in [0.25, 0.3) is 0 Å². The Hall–Kier alpha value is -0.580. The number of benzene rings is 1. The number of rotatable bonds is 9. The molecule has 0 aliphatic rings. The van der Waals surface area contributed by atoms with E-state index in [1.807, 2.05) is 31.3 Å². The SMILES string of the molecule is CCS(=O)(=O)CCCC(CNC)Cc1ccc(Cl)cc1. The lowest BCUT2D eigenvalue weighted by Crippen LogP contribution is -2.22. The largest absolute Gasteiger partial charge is 0.319 e. The van der Waals surface area contributed by atoms with Crippen molar-refractivity contribution in [2.75, 3.05) is 25.1 Å². The molecule has 0 bridgehead atoms. The second kappa shape index (κ2) is 8.65. The molecule has 1 aromatic carbocycles. The summed E-state index contributed by atoms with van der Waals surface area (Å²) in [7, 11) is -0.918. The normalized spacial score (nSPS) is 13.3. The number of nitrogens with one attached hydrogen (secondary N) is 1. The summed E-state index contributed by atoms with van der Waals surface area (Å²) in [6.45, 7) is 2.60. The van der Waals surface area contributed by atoms with Gasteiger partial charge in [-0.1, -0.05) is 30.7 Å². The summed E-state index contributed by atoms with van der Waals surface area (Å²) >= 11 is 5.88. The van der Waals surface area contributed by atoms with Crippen molar-refractivity contribution in [3.8, 4) is 0 Å². The molecular formula is C15H24ClNO2S. The third kappa shape index (κ3) is 6.73. The highest BCUT2D eigenvalue weighted by molar-refractivity contribution is 7.91. The average molecular weight is 318 g/mol. The van der Waals surface area contributed by atoms with Crippen LogP contribution < -0.4 is 5.32 Å². The average Bonchev–Trinajstić information content (AvgIpc) is 2.41. The van der Waals surface area contributed by atoms with Crippen LogP contribution >= 0.6 is 11.6 Å². The monoisotopic (exact) mass is 317 g/mol. The quantitative estimate of drug-likeness (QED) is 0.761. The predicted octanol–water partition coefficient (Wildman–Crippen LogP) is 2.93. The summed E-state index contributed by atoms with van der Waals surface area (Å²) < 4.78 is 23.0. The maximum atomic E-state index is 11.5. The molecule has 0 aromatic heterocycles. The summed E-state index contributed by atoms with van der Waals surface area (Å²) in [6.07, 6.45) is 2.60. The lowest BCUT2D eigenvalue weighted by molar-refractivity contribution is 0.455. The molecule has 1 unspecified atom stereocenters. The van der Waals surface area contributed by atoms with E-state index in [0.717, 1.165) is 30.8 Å². The lowest BCUT2D eigenvalue weighted by atomic mass is 9.95. The van der Waals surface area contributed by atoms with E-state index in [1.54, 1.807) is 6.92 Å². The number of hydrogen-bond acceptors (Lipinski definition) is 3. The molecule has 1 rings (SSSR count). The van der Waals surface area contributed by atoms with E-state index in [9.17, 15) is 8.42 Å². The Kier molecular flexibility index (Phi) is 7.56. The molecule has 0 saturated carbocycles.